The van der Waals surface area contributed by atoms with Crippen LogP contribution in [0.2, 0.25) is 0 Å². The highest BCUT2D eigenvalue weighted by Crippen LogP contribution is 2.35. The van der Waals surface area contributed by atoms with Crippen LogP contribution in [-0.2, 0) is 6.54 Å². The summed E-state index contributed by atoms with van der Waals surface area (Å²) in [6.07, 6.45) is 8.84. The van der Waals surface area contributed by atoms with Crippen LogP contribution in [0.15, 0.2) is 12.4 Å². The van der Waals surface area contributed by atoms with Crippen molar-refractivity contribution in [2.24, 2.45) is 5.92 Å². The summed E-state index contributed by atoms with van der Waals surface area (Å²) in [6, 6.07) is 0.305. The Balaban J connectivity index is 1.73. The standard InChI is InChI=1S/C15H23F2N3O/c16-15(17)20-9-7-18-14(20)10-19-8-2-1-5-12(19)11-4-3-6-13(11)21/h7,9,11-13,15,21H,1-6,8,10H2. The average molecular weight is 299 g/mol. The lowest BCUT2D eigenvalue weighted by molar-refractivity contribution is 0.0234. The molecule has 6 heteroatoms. The molecule has 0 radical (unpaired) electrons. The molecule has 1 aromatic rings. The van der Waals surface area contributed by atoms with Crippen molar-refractivity contribution in [3.05, 3.63) is 18.2 Å². The molecular formula is C15H23F2N3O. The van der Waals surface area contributed by atoms with Gasteiger partial charge in [0.15, 0.2) is 0 Å². The van der Waals surface area contributed by atoms with Crippen LogP contribution >= 0.6 is 0 Å². The van der Waals surface area contributed by atoms with E-state index >= 15 is 0 Å². The van der Waals surface area contributed by atoms with Crippen molar-refractivity contribution in [2.45, 2.75) is 63.8 Å². The third-order valence-electron chi connectivity index (χ3n) is 4.99. The number of rotatable bonds is 4. The van der Waals surface area contributed by atoms with Crippen LogP contribution < -0.4 is 0 Å². The number of piperidine rings is 1. The van der Waals surface area contributed by atoms with Gasteiger partial charge in [-0.05, 0) is 32.2 Å². The Kier molecular flexibility index (Phi) is 4.54. The molecule has 1 aromatic heterocycles. The van der Waals surface area contributed by atoms with Gasteiger partial charge in [0.05, 0.1) is 12.6 Å². The number of aromatic nitrogens is 2. The normalized spacial score (nSPS) is 31.1. The summed E-state index contributed by atoms with van der Waals surface area (Å²) in [5, 5.41) is 10.2. The summed E-state index contributed by atoms with van der Waals surface area (Å²) in [6.45, 7) is -1.18. The Bertz CT molecular complexity index is 466. The van der Waals surface area contributed by atoms with Crippen molar-refractivity contribution in [3.8, 4) is 0 Å². The SMILES string of the molecule is OC1CCCC1C1CCCCN1Cc1nccn1C(F)F. The Morgan fingerprint density at radius 3 is 2.81 bits per heavy atom. The van der Waals surface area contributed by atoms with E-state index in [1.165, 1.54) is 12.4 Å². The molecule has 0 bridgehead atoms. The number of hydrogen-bond acceptors (Lipinski definition) is 3. The predicted octanol–water partition coefficient (Wildman–Crippen LogP) is 2.79. The van der Waals surface area contributed by atoms with Gasteiger partial charge < -0.3 is 5.11 Å². The molecule has 118 valence electrons. The molecule has 4 nitrogen and oxygen atoms in total. The number of hydrogen-bond donors (Lipinski definition) is 1. The van der Waals surface area contributed by atoms with Crippen molar-refractivity contribution < 1.29 is 13.9 Å². The van der Waals surface area contributed by atoms with Gasteiger partial charge in [0.2, 0.25) is 0 Å². The molecule has 1 saturated heterocycles. The molecule has 1 aliphatic heterocycles. The van der Waals surface area contributed by atoms with E-state index in [-0.39, 0.29) is 6.10 Å². The van der Waals surface area contributed by atoms with Crippen LogP contribution in [0.25, 0.3) is 0 Å². The Labute approximate surface area is 123 Å². The molecule has 21 heavy (non-hydrogen) atoms. The number of likely N-dealkylation sites (tertiary alicyclic amines) is 1. The topological polar surface area (TPSA) is 41.3 Å². The second kappa shape index (κ2) is 6.40. The van der Waals surface area contributed by atoms with Gasteiger partial charge in [0.25, 0.3) is 0 Å². The molecule has 0 amide bonds. The van der Waals surface area contributed by atoms with Crippen molar-refractivity contribution in [2.75, 3.05) is 6.54 Å². The Hall–Kier alpha value is -1.01. The van der Waals surface area contributed by atoms with Crippen LogP contribution in [-0.4, -0.2) is 38.2 Å². The number of halogens is 2. The first-order valence-corrected chi connectivity index (χ1v) is 7.89. The molecule has 3 rings (SSSR count). The number of aliphatic hydroxyl groups is 1. The van der Waals surface area contributed by atoms with E-state index in [0.29, 0.717) is 24.3 Å². The average Bonchev–Trinajstić information content (AvgIpc) is 3.08. The largest absolute Gasteiger partial charge is 0.393 e. The molecule has 2 heterocycles. The summed E-state index contributed by atoms with van der Waals surface area (Å²) in [5.41, 5.74) is 0. The zero-order valence-corrected chi connectivity index (χ0v) is 12.2. The summed E-state index contributed by atoms with van der Waals surface area (Å²) in [7, 11) is 0. The van der Waals surface area contributed by atoms with Crippen molar-refractivity contribution in [1.82, 2.24) is 14.5 Å². The molecule has 0 aromatic carbocycles. The van der Waals surface area contributed by atoms with Gasteiger partial charge in [-0.25, -0.2) is 4.98 Å². The smallest absolute Gasteiger partial charge is 0.319 e. The quantitative estimate of drug-likeness (QED) is 0.929. The summed E-state index contributed by atoms with van der Waals surface area (Å²) >= 11 is 0. The maximum absolute atomic E-state index is 12.9. The second-order valence-corrected chi connectivity index (χ2v) is 6.22. The molecule has 1 N–H and O–H groups in total. The predicted molar refractivity (Wildman–Crippen MR) is 74.9 cm³/mol. The van der Waals surface area contributed by atoms with Gasteiger partial charge in [-0.15, -0.1) is 0 Å². The van der Waals surface area contributed by atoms with E-state index in [1.54, 1.807) is 0 Å². The van der Waals surface area contributed by atoms with Gasteiger partial charge in [-0.3, -0.25) is 9.47 Å². The van der Waals surface area contributed by atoms with Gasteiger partial charge in [-0.2, -0.15) is 8.78 Å². The van der Waals surface area contributed by atoms with Crippen LogP contribution in [0, 0.1) is 5.92 Å². The van der Waals surface area contributed by atoms with E-state index in [0.717, 1.165) is 49.6 Å². The first-order chi connectivity index (χ1) is 10.2. The van der Waals surface area contributed by atoms with Crippen molar-refractivity contribution >= 4 is 0 Å². The molecule has 2 fully saturated rings. The summed E-state index contributed by atoms with van der Waals surface area (Å²) < 4.78 is 26.8. The van der Waals surface area contributed by atoms with Crippen LogP contribution in [0.4, 0.5) is 8.78 Å². The molecule has 0 spiro atoms. The zero-order chi connectivity index (χ0) is 14.8. The Morgan fingerprint density at radius 1 is 1.24 bits per heavy atom. The maximum atomic E-state index is 12.9. The number of imidazole rings is 1. The van der Waals surface area contributed by atoms with E-state index in [9.17, 15) is 13.9 Å². The first kappa shape index (κ1) is 14.9. The lowest BCUT2D eigenvalue weighted by Crippen LogP contribution is -2.46. The minimum atomic E-state index is -2.54. The van der Waals surface area contributed by atoms with Gasteiger partial charge in [0.1, 0.15) is 5.82 Å². The fourth-order valence-electron chi connectivity index (χ4n) is 3.94. The summed E-state index contributed by atoms with van der Waals surface area (Å²) in [4.78, 5) is 6.34. The minimum Gasteiger partial charge on any atom is -0.393 e. The first-order valence-electron chi connectivity index (χ1n) is 7.89. The van der Waals surface area contributed by atoms with Crippen molar-refractivity contribution in [3.63, 3.8) is 0 Å². The number of alkyl halides is 2. The molecular weight excluding hydrogens is 276 g/mol. The fourth-order valence-corrected chi connectivity index (χ4v) is 3.94. The fraction of sp³-hybridized carbons (Fsp3) is 0.800. The Morgan fingerprint density at radius 2 is 2.10 bits per heavy atom. The summed E-state index contributed by atoms with van der Waals surface area (Å²) in [5.74, 6) is 0.713. The second-order valence-electron chi connectivity index (χ2n) is 6.22. The molecule has 3 unspecified atom stereocenters. The minimum absolute atomic E-state index is 0.231. The molecule has 2 aliphatic rings. The van der Waals surface area contributed by atoms with Gasteiger partial charge >= 0.3 is 6.55 Å². The van der Waals surface area contributed by atoms with Gasteiger partial charge in [0, 0.05) is 24.4 Å². The van der Waals surface area contributed by atoms with Crippen LogP contribution in [0.5, 0.6) is 0 Å². The van der Waals surface area contributed by atoms with Crippen LogP contribution in [0.3, 0.4) is 0 Å². The van der Waals surface area contributed by atoms with E-state index in [2.05, 4.69) is 9.88 Å². The third kappa shape index (κ3) is 3.11. The van der Waals surface area contributed by atoms with Crippen LogP contribution in [0.1, 0.15) is 50.9 Å². The van der Waals surface area contributed by atoms with Gasteiger partial charge in [-0.1, -0.05) is 12.8 Å². The molecule has 3 atom stereocenters. The number of aliphatic hydroxyl groups excluding tert-OH is 1. The number of nitrogens with zero attached hydrogens (tertiary/aromatic N) is 3. The molecule has 1 aliphatic carbocycles. The monoisotopic (exact) mass is 299 g/mol. The third-order valence-corrected chi connectivity index (χ3v) is 4.99. The highest BCUT2D eigenvalue weighted by atomic mass is 19.3. The van der Waals surface area contributed by atoms with E-state index in [1.807, 2.05) is 0 Å². The van der Waals surface area contributed by atoms with E-state index in [4.69, 9.17) is 0 Å². The lowest BCUT2D eigenvalue weighted by Gasteiger charge is -2.40. The highest BCUT2D eigenvalue weighted by molar-refractivity contribution is 4.97. The molecule has 1 saturated carbocycles. The zero-order valence-electron chi connectivity index (χ0n) is 12.2. The lowest BCUT2D eigenvalue weighted by atomic mass is 9.88. The highest BCUT2D eigenvalue weighted by Gasteiger charge is 2.37. The van der Waals surface area contributed by atoms with E-state index < -0.39 is 6.55 Å². The maximum Gasteiger partial charge on any atom is 0.319 e. The van der Waals surface area contributed by atoms with Crippen molar-refractivity contribution in [1.29, 1.82) is 0 Å².